The minimum Gasteiger partial charge on any atom is -0.406 e. The van der Waals surface area contributed by atoms with Gasteiger partial charge in [-0.2, -0.15) is 4.99 Å². The molecule has 0 atom stereocenters. The van der Waals surface area contributed by atoms with Gasteiger partial charge in [0.15, 0.2) is 11.6 Å². The minimum absolute atomic E-state index is 0.228. The molecule has 0 aliphatic heterocycles. The molecule has 99 heavy (non-hydrogen) atoms. The van der Waals surface area contributed by atoms with E-state index in [0.29, 0.717) is 27.8 Å². The molecule has 12 aromatic carbocycles. The topological polar surface area (TPSA) is 21.6 Å². The van der Waals surface area contributed by atoms with Crippen molar-refractivity contribution in [1.29, 1.82) is 0 Å². The van der Waals surface area contributed by atoms with Crippen LogP contribution < -0.4 is 4.74 Å². The molecule has 0 heterocycles. The van der Waals surface area contributed by atoms with Crippen LogP contribution in [0.4, 0.5) is 45.2 Å². The number of benzene rings is 12. The van der Waals surface area contributed by atoms with Crippen LogP contribution in [0.1, 0.15) is 66.8 Å². The van der Waals surface area contributed by atoms with Crippen LogP contribution in [0.15, 0.2) is 266 Å². The van der Waals surface area contributed by atoms with Crippen LogP contribution in [0.3, 0.4) is 0 Å². The Kier molecular flexibility index (Phi) is 24.7. The van der Waals surface area contributed by atoms with Gasteiger partial charge < -0.3 is 4.74 Å². The molecule has 0 aliphatic rings. The van der Waals surface area contributed by atoms with Crippen molar-refractivity contribution in [2.45, 2.75) is 34.1 Å². The lowest BCUT2D eigenvalue weighted by molar-refractivity contribution is -0.274. The van der Waals surface area contributed by atoms with Gasteiger partial charge in [-0.15, -0.1) is 13.2 Å². The van der Waals surface area contributed by atoms with Crippen molar-refractivity contribution in [2.24, 2.45) is 4.99 Å². The van der Waals surface area contributed by atoms with E-state index in [0.717, 1.165) is 89.5 Å². The lowest BCUT2D eigenvalue weighted by Crippen LogP contribution is -2.16. The summed E-state index contributed by atoms with van der Waals surface area (Å²) in [5, 5.41) is 2.68. The molecule has 13 heteroatoms. The van der Waals surface area contributed by atoms with Gasteiger partial charge in [0, 0.05) is 44.0 Å². The zero-order valence-electron chi connectivity index (χ0n) is 53.4. The maximum atomic E-state index is 14.0. The number of isothiocyanates is 1. The van der Waals surface area contributed by atoms with Crippen molar-refractivity contribution >= 4 is 34.7 Å². The number of thiocarbonyl (C=S) groups is 1. The van der Waals surface area contributed by atoms with Crippen molar-refractivity contribution in [3.63, 3.8) is 0 Å². The van der Waals surface area contributed by atoms with Gasteiger partial charge >= 0.3 is 6.36 Å². The molecule has 0 saturated heterocycles. The molecule has 0 N–H and O–H groups in total. The number of ether oxygens (including phenoxy) is 1. The summed E-state index contributed by atoms with van der Waals surface area (Å²) in [6, 6.07) is 75.2. The van der Waals surface area contributed by atoms with Gasteiger partial charge in [-0.05, 0) is 235 Å². The SMILES string of the molecule is Cc1ccc(-c2ccc(C#Cc3cc(F)c(N=C=S)c(F)c3)cc2)cc1.Cc1ccc(-c2ccc(C#Cc3ccc(OC(F)(F)F)cc3)cc2)c(F)c1.Cc1ccc(C#Cc2ccc(-c3ccc(Cl)cc3)cc2)c(F)c1.Cc1ccc(C#Cc2ccc(-c3ccc(F)cc3)cc2)c(F)c1. The molecule has 0 saturated carbocycles. The fourth-order valence-corrected chi connectivity index (χ4v) is 9.61. The highest BCUT2D eigenvalue weighted by atomic mass is 35.5. The van der Waals surface area contributed by atoms with Gasteiger partial charge in [-0.1, -0.05) is 186 Å². The Balaban J connectivity index is 0.000000155. The first-order valence-electron chi connectivity index (χ1n) is 30.4. The summed E-state index contributed by atoms with van der Waals surface area (Å²) in [5.74, 6) is 20.1. The highest BCUT2D eigenvalue weighted by Crippen LogP contribution is 2.28. The Morgan fingerprint density at radius 1 is 0.323 bits per heavy atom. The Morgan fingerprint density at radius 2 is 0.636 bits per heavy atom. The number of halogens is 10. The van der Waals surface area contributed by atoms with Gasteiger partial charge in [0.05, 0.1) is 16.3 Å². The number of aryl methyl sites for hydroxylation is 4. The summed E-state index contributed by atoms with van der Waals surface area (Å²) in [4.78, 5) is 3.38. The summed E-state index contributed by atoms with van der Waals surface area (Å²) in [5.41, 5.74) is 15.6. The molecule has 0 unspecified atom stereocenters. The number of nitrogens with zero attached hydrogens (tertiary/aromatic N) is 1. The quantitative estimate of drug-likeness (QED) is 0.0716. The van der Waals surface area contributed by atoms with Gasteiger partial charge in [-0.3, -0.25) is 0 Å². The van der Waals surface area contributed by atoms with Crippen LogP contribution in [0.25, 0.3) is 44.5 Å². The number of alkyl halides is 3. The monoisotopic (exact) mass is 1360 g/mol. The second-order valence-corrected chi connectivity index (χ2v) is 22.8. The first-order chi connectivity index (χ1) is 47.6. The maximum Gasteiger partial charge on any atom is 0.573 e. The molecule has 12 rings (SSSR count). The van der Waals surface area contributed by atoms with Crippen LogP contribution in [-0.2, 0) is 0 Å². The third kappa shape index (κ3) is 21.8. The molecule has 0 radical (unpaired) electrons. The largest absolute Gasteiger partial charge is 0.573 e. The second kappa shape index (κ2) is 34.2. The lowest BCUT2D eigenvalue weighted by Gasteiger charge is -2.08. The van der Waals surface area contributed by atoms with Crippen LogP contribution in [0.2, 0.25) is 5.02 Å². The summed E-state index contributed by atoms with van der Waals surface area (Å²) < 4.78 is 122. The first-order valence-corrected chi connectivity index (χ1v) is 31.2. The smallest absolute Gasteiger partial charge is 0.406 e. The predicted octanol–water partition coefficient (Wildman–Crippen LogP) is 23.4. The highest BCUT2D eigenvalue weighted by Gasteiger charge is 2.31. The Hall–Kier alpha value is -11.9. The highest BCUT2D eigenvalue weighted by molar-refractivity contribution is 7.78. The third-order valence-electron chi connectivity index (χ3n) is 14.6. The molecule has 0 bridgehead atoms. The number of hydrogen-bond donors (Lipinski definition) is 0. The minimum atomic E-state index is -4.72. The Labute approximate surface area is 579 Å². The normalized spacial score (nSPS) is 10.2. The molecule has 0 aliphatic carbocycles. The van der Waals surface area contributed by atoms with E-state index >= 15 is 0 Å². The fourth-order valence-electron chi connectivity index (χ4n) is 9.40. The zero-order valence-corrected chi connectivity index (χ0v) is 54.9. The molecule has 2 nitrogen and oxygen atoms in total. The molecular weight excluding hydrogens is 1300 g/mol. The van der Waals surface area contributed by atoms with E-state index in [1.807, 2.05) is 148 Å². The number of aliphatic imine (C=N–C) groups is 1. The first kappa shape index (κ1) is 71.4. The summed E-state index contributed by atoms with van der Waals surface area (Å²) in [6.45, 7) is 7.57. The lowest BCUT2D eigenvalue weighted by atomic mass is 10.0. The molecule has 0 amide bonds. The van der Waals surface area contributed by atoms with E-state index in [-0.39, 0.29) is 34.6 Å². The van der Waals surface area contributed by atoms with Crippen molar-refractivity contribution in [1.82, 2.24) is 0 Å². The number of hydrogen-bond acceptors (Lipinski definition) is 3. The van der Waals surface area contributed by atoms with Crippen molar-refractivity contribution < 1.29 is 44.3 Å². The second-order valence-electron chi connectivity index (χ2n) is 22.2. The molecule has 12 aromatic rings. The van der Waals surface area contributed by atoms with Crippen LogP contribution in [0, 0.1) is 110 Å². The van der Waals surface area contributed by atoms with Gasteiger partial charge in [0.1, 0.15) is 34.7 Å². The van der Waals surface area contributed by atoms with Crippen molar-refractivity contribution in [3.05, 3.63) is 368 Å². The van der Waals surface area contributed by atoms with Crippen molar-refractivity contribution in [3.8, 4) is 97.6 Å². The zero-order chi connectivity index (χ0) is 70.4. The van der Waals surface area contributed by atoms with Crippen LogP contribution >= 0.6 is 23.8 Å². The van der Waals surface area contributed by atoms with E-state index in [9.17, 15) is 39.5 Å². The maximum absolute atomic E-state index is 14.0. The van der Waals surface area contributed by atoms with E-state index < -0.39 is 23.7 Å². The molecule has 486 valence electrons. The molecule has 0 aromatic heterocycles. The van der Waals surface area contributed by atoms with E-state index in [2.05, 4.69) is 93.6 Å². The third-order valence-corrected chi connectivity index (χ3v) is 15.0. The van der Waals surface area contributed by atoms with Crippen LogP contribution in [0.5, 0.6) is 5.75 Å². The average Bonchev–Trinajstić information content (AvgIpc) is 0.971. The van der Waals surface area contributed by atoms with E-state index in [4.69, 9.17) is 11.6 Å². The number of rotatable bonds is 6. The molecule has 0 spiro atoms. The Bertz CT molecular complexity index is 4940. The van der Waals surface area contributed by atoms with Gasteiger partial charge in [0.25, 0.3) is 0 Å². The molecule has 0 fully saturated rings. The summed E-state index contributed by atoms with van der Waals surface area (Å²) in [6.07, 6.45) is -4.72. The fraction of sp³-hybridized carbons (Fsp3) is 0.0581. The summed E-state index contributed by atoms with van der Waals surface area (Å²) in [7, 11) is 0. The van der Waals surface area contributed by atoms with Gasteiger partial charge in [-0.25, -0.2) is 26.3 Å². The summed E-state index contributed by atoms with van der Waals surface area (Å²) >= 11 is 10.3. The Morgan fingerprint density at radius 3 is 1.01 bits per heavy atom. The van der Waals surface area contributed by atoms with E-state index in [1.54, 1.807) is 54.6 Å². The standard InChI is InChI=1S/C22H14F4O.C22H13F2NS.C21H14ClF.C21H14F2/c1-15-2-13-20(21(23)14-15)18-9-5-16(6-10-18)3-4-17-7-11-19(12-8-17)27-22(24,25)26;1-15-2-8-18(9-3-15)19-10-6-16(7-11-19)4-5-17-12-20(23)22(25-14-26)21(24)13-17;2*1-15-2-6-19(21(23)14-15)9-5-16-3-7-17(8-4-16)18-10-12-20(22)13-11-18/h2,5-14H,1H3;2-3,6-13H,1H3;2*2-4,6-8,10-14H,1H3. The van der Waals surface area contributed by atoms with E-state index in [1.165, 1.54) is 60.2 Å². The molecular formula is C86H55ClF9NOS. The predicted molar refractivity (Wildman–Crippen MR) is 382 cm³/mol. The van der Waals surface area contributed by atoms with Crippen LogP contribution in [-0.4, -0.2) is 11.5 Å². The van der Waals surface area contributed by atoms with Gasteiger partial charge in [0.2, 0.25) is 0 Å². The van der Waals surface area contributed by atoms with Crippen molar-refractivity contribution in [2.75, 3.05) is 0 Å². The average molecular weight is 1360 g/mol.